The average molecular weight is 288 g/mol. The molecule has 1 aliphatic carbocycles. The van der Waals surface area contributed by atoms with Crippen LogP contribution in [0, 0.1) is 11.2 Å². The molecule has 1 aromatic carbocycles. The molecule has 0 spiro atoms. The fourth-order valence-corrected chi connectivity index (χ4v) is 2.61. The van der Waals surface area contributed by atoms with E-state index in [0.717, 1.165) is 19.3 Å². The van der Waals surface area contributed by atoms with E-state index in [0.29, 0.717) is 16.6 Å². The van der Waals surface area contributed by atoms with Crippen LogP contribution in [0.4, 0.5) is 4.39 Å². The Morgan fingerprint density at radius 3 is 2.62 bits per heavy atom. The number of aliphatic hydroxyl groups excluding tert-OH is 1. The Morgan fingerprint density at radius 1 is 1.50 bits per heavy atom. The Hall–Kier alpha value is -0.450. The highest BCUT2D eigenvalue weighted by Gasteiger charge is 2.43. The van der Waals surface area contributed by atoms with Crippen molar-refractivity contribution in [3.05, 3.63) is 34.1 Å². The van der Waals surface area contributed by atoms with Crippen LogP contribution in [-0.2, 0) is 0 Å². The van der Waals surface area contributed by atoms with Crippen molar-refractivity contribution in [1.29, 1.82) is 0 Å². The van der Waals surface area contributed by atoms with Gasteiger partial charge in [0.25, 0.3) is 0 Å². The fourth-order valence-electron chi connectivity index (χ4n) is 2.27. The molecule has 16 heavy (non-hydrogen) atoms. The van der Waals surface area contributed by atoms with Crippen LogP contribution in [-0.4, -0.2) is 11.7 Å². The van der Waals surface area contributed by atoms with Gasteiger partial charge in [-0.25, -0.2) is 4.39 Å². The molecular weight excluding hydrogens is 273 g/mol. The number of aliphatic hydroxyl groups is 1. The number of hydrogen-bond donors (Lipinski definition) is 2. The van der Waals surface area contributed by atoms with Crippen molar-refractivity contribution in [2.45, 2.75) is 25.4 Å². The van der Waals surface area contributed by atoms with Crippen LogP contribution in [0.1, 0.15) is 30.9 Å². The number of rotatable bonds is 3. The minimum atomic E-state index is -0.792. The highest BCUT2D eigenvalue weighted by atomic mass is 79.9. The minimum Gasteiger partial charge on any atom is -0.388 e. The molecule has 0 saturated heterocycles. The molecule has 0 amide bonds. The third-order valence-electron chi connectivity index (χ3n) is 3.59. The van der Waals surface area contributed by atoms with Crippen molar-refractivity contribution >= 4 is 15.9 Å². The number of nitrogens with two attached hydrogens (primary N) is 1. The Morgan fingerprint density at radius 2 is 2.19 bits per heavy atom. The molecule has 88 valence electrons. The molecule has 0 aliphatic heterocycles. The van der Waals surface area contributed by atoms with E-state index in [1.807, 2.05) is 0 Å². The fraction of sp³-hybridized carbons (Fsp3) is 0.500. The van der Waals surface area contributed by atoms with E-state index in [9.17, 15) is 9.50 Å². The first-order valence-electron chi connectivity index (χ1n) is 5.42. The molecule has 1 aliphatic rings. The Bertz CT molecular complexity index is 387. The van der Waals surface area contributed by atoms with E-state index in [1.165, 1.54) is 6.07 Å². The molecule has 0 aromatic heterocycles. The molecule has 2 rings (SSSR count). The molecule has 1 unspecified atom stereocenters. The first-order valence-corrected chi connectivity index (χ1v) is 6.21. The zero-order chi connectivity index (χ0) is 11.8. The highest BCUT2D eigenvalue weighted by Crippen LogP contribution is 2.49. The monoisotopic (exact) mass is 287 g/mol. The summed E-state index contributed by atoms with van der Waals surface area (Å²) in [6.45, 7) is 0.406. The molecule has 4 heteroatoms. The van der Waals surface area contributed by atoms with Gasteiger partial charge in [-0.3, -0.25) is 0 Å². The van der Waals surface area contributed by atoms with Gasteiger partial charge in [0.15, 0.2) is 0 Å². The quantitative estimate of drug-likeness (QED) is 0.898. The topological polar surface area (TPSA) is 46.2 Å². The highest BCUT2D eigenvalue weighted by molar-refractivity contribution is 9.10. The van der Waals surface area contributed by atoms with E-state index >= 15 is 0 Å². The lowest BCUT2D eigenvalue weighted by molar-refractivity contribution is -0.0316. The van der Waals surface area contributed by atoms with Gasteiger partial charge in [0.1, 0.15) is 5.82 Å². The van der Waals surface area contributed by atoms with Crippen molar-refractivity contribution in [3.63, 3.8) is 0 Å². The predicted octanol–water partition coefficient (Wildman–Crippen LogP) is 2.75. The predicted molar refractivity (Wildman–Crippen MR) is 64.4 cm³/mol. The van der Waals surface area contributed by atoms with Gasteiger partial charge in [-0.1, -0.05) is 28.4 Å². The SMILES string of the molecule is NCC1(C(O)c2ccc(Br)cc2F)CCC1. The number of hydrogen-bond acceptors (Lipinski definition) is 2. The molecular formula is C12H15BrFNO. The van der Waals surface area contributed by atoms with E-state index in [2.05, 4.69) is 15.9 Å². The summed E-state index contributed by atoms with van der Waals surface area (Å²) >= 11 is 3.20. The molecule has 0 heterocycles. The summed E-state index contributed by atoms with van der Waals surface area (Å²) < 4.78 is 14.4. The van der Waals surface area contributed by atoms with Gasteiger partial charge in [-0.05, 0) is 25.0 Å². The first kappa shape index (κ1) is 12.0. The molecule has 1 aromatic rings. The average Bonchev–Trinajstić information content (AvgIpc) is 2.16. The van der Waals surface area contributed by atoms with Crippen LogP contribution >= 0.6 is 15.9 Å². The van der Waals surface area contributed by atoms with Gasteiger partial charge < -0.3 is 10.8 Å². The maximum atomic E-state index is 13.7. The van der Waals surface area contributed by atoms with Crippen LogP contribution in [0.5, 0.6) is 0 Å². The van der Waals surface area contributed by atoms with Gasteiger partial charge in [0.2, 0.25) is 0 Å². The largest absolute Gasteiger partial charge is 0.388 e. The summed E-state index contributed by atoms with van der Waals surface area (Å²) in [5.74, 6) is -0.374. The lowest BCUT2D eigenvalue weighted by Crippen LogP contribution is -2.42. The first-order chi connectivity index (χ1) is 7.59. The second-order valence-electron chi connectivity index (χ2n) is 4.49. The van der Waals surface area contributed by atoms with Crippen molar-refractivity contribution in [2.24, 2.45) is 11.1 Å². The minimum absolute atomic E-state index is 0.311. The van der Waals surface area contributed by atoms with Crippen LogP contribution in [0.25, 0.3) is 0 Å². The van der Waals surface area contributed by atoms with E-state index < -0.39 is 6.10 Å². The van der Waals surface area contributed by atoms with Crippen LogP contribution in [0.15, 0.2) is 22.7 Å². The summed E-state index contributed by atoms with van der Waals surface area (Å²) in [6.07, 6.45) is 2.02. The normalized spacial score (nSPS) is 20.2. The van der Waals surface area contributed by atoms with Crippen molar-refractivity contribution < 1.29 is 9.50 Å². The zero-order valence-electron chi connectivity index (χ0n) is 8.92. The van der Waals surface area contributed by atoms with Gasteiger partial charge in [0.05, 0.1) is 6.10 Å². The second kappa shape index (κ2) is 4.43. The zero-order valence-corrected chi connectivity index (χ0v) is 10.5. The van der Waals surface area contributed by atoms with Gasteiger partial charge in [-0.15, -0.1) is 0 Å². The van der Waals surface area contributed by atoms with Crippen LogP contribution < -0.4 is 5.73 Å². The molecule has 0 radical (unpaired) electrons. The Labute approximate surface area is 103 Å². The third-order valence-corrected chi connectivity index (χ3v) is 4.09. The van der Waals surface area contributed by atoms with Gasteiger partial charge in [-0.2, -0.15) is 0 Å². The van der Waals surface area contributed by atoms with E-state index in [-0.39, 0.29) is 11.2 Å². The van der Waals surface area contributed by atoms with Crippen molar-refractivity contribution in [3.8, 4) is 0 Å². The smallest absolute Gasteiger partial charge is 0.130 e. The lowest BCUT2D eigenvalue weighted by atomic mass is 9.63. The third kappa shape index (κ3) is 1.90. The van der Waals surface area contributed by atoms with Gasteiger partial charge in [0, 0.05) is 22.0 Å². The molecule has 1 saturated carbocycles. The molecule has 3 N–H and O–H groups in total. The maximum Gasteiger partial charge on any atom is 0.130 e. The number of halogens is 2. The second-order valence-corrected chi connectivity index (χ2v) is 5.40. The van der Waals surface area contributed by atoms with E-state index in [4.69, 9.17) is 5.73 Å². The summed E-state index contributed by atoms with van der Waals surface area (Å²) in [6, 6.07) is 4.74. The van der Waals surface area contributed by atoms with Crippen LogP contribution in [0.2, 0.25) is 0 Å². The molecule has 1 fully saturated rings. The number of benzene rings is 1. The van der Waals surface area contributed by atoms with Crippen LogP contribution in [0.3, 0.4) is 0 Å². The Kier molecular flexibility index (Phi) is 3.33. The van der Waals surface area contributed by atoms with E-state index in [1.54, 1.807) is 12.1 Å². The summed E-state index contributed by atoms with van der Waals surface area (Å²) in [5, 5.41) is 10.2. The molecule has 0 bridgehead atoms. The summed E-state index contributed by atoms with van der Waals surface area (Å²) in [5.41, 5.74) is 5.74. The molecule has 1 atom stereocenters. The Balaban J connectivity index is 2.29. The lowest BCUT2D eigenvalue weighted by Gasteiger charge is -2.44. The maximum absolute atomic E-state index is 13.7. The van der Waals surface area contributed by atoms with Gasteiger partial charge >= 0.3 is 0 Å². The summed E-state index contributed by atoms with van der Waals surface area (Å²) in [7, 11) is 0. The van der Waals surface area contributed by atoms with Crippen molar-refractivity contribution in [2.75, 3.05) is 6.54 Å². The van der Waals surface area contributed by atoms with Crippen molar-refractivity contribution in [1.82, 2.24) is 0 Å². The molecule has 2 nitrogen and oxygen atoms in total. The standard InChI is InChI=1S/C12H15BrFNO/c13-8-2-3-9(10(14)6-8)11(16)12(7-15)4-1-5-12/h2-3,6,11,16H,1,4-5,7,15H2. The summed E-state index contributed by atoms with van der Waals surface area (Å²) in [4.78, 5) is 0.